The molecule has 0 saturated heterocycles. The molecule has 1 aliphatic heterocycles. The number of carbonyl (C=O) groups is 2. The Morgan fingerprint density at radius 3 is 2.53 bits per heavy atom. The number of hydrogen-bond acceptors (Lipinski definition) is 2. The van der Waals surface area contributed by atoms with Crippen molar-refractivity contribution in [3.8, 4) is 12.3 Å². The zero-order chi connectivity index (χ0) is 12.6. The summed E-state index contributed by atoms with van der Waals surface area (Å²) in [5, 5.41) is 0. The van der Waals surface area contributed by atoms with Crippen LogP contribution in [-0.4, -0.2) is 22.8 Å². The summed E-state index contributed by atoms with van der Waals surface area (Å²) in [6.45, 7) is 3.75. The molecule has 0 spiro atoms. The minimum Gasteiger partial charge on any atom is -0.269 e. The molecule has 17 heavy (non-hydrogen) atoms. The zero-order valence-electron chi connectivity index (χ0n) is 9.86. The highest BCUT2D eigenvalue weighted by molar-refractivity contribution is 6.21. The Morgan fingerprint density at radius 2 is 1.94 bits per heavy atom. The fourth-order valence-corrected chi connectivity index (χ4v) is 2.03. The van der Waals surface area contributed by atoms with Crippen LogP contribution < -0.4 is 0 Å². The topological polar surface area (TPSA) is 37.4 Å². The molecule has 2 amide bonds. The van der Waals surface area contributed by atoms with E-state index in [1.165, 1.54) is 4.90 Å². The van der Waals surface area contributed by atoms with Crippen LogP contribution in [0.3, 0.4) is 0 Å². The van der Waals surface area contributed by atoms with Gasteiger partial charge in [-0.3, -0.25) is 14.5 Å². The standard InChI is InChI=1S/C14H13NO2/c1-4-10(5-2)15-13(16)11-7-6-9(3)8-12(11)14(15)17/h1,6-8,10H,5H2,2-3H3. The Labute approximate surface area is 100 Å². The summed E-state index contributed by atoms with van der Waals surface area (Å²) >= 11 is 0. The summed E-state index contributed by atoms with van der Waals surface area (Å²) in [4.78, 5) is 25.4. The van der Waals surface area contributed by atoms with Gasteiger partial charge in [0.2, 0.25) is 0 Å². The van der Waals surface area contributed by atoms with Gasteiger partial charge >= 0.3 is 0 Å². The minimum atomic E-state index is -0.456. The van der Waals surface area contributed by atoms with Gasteiger partial charge in [0.15, 0.2) is 0 Å². The molecule has 0 aliphatic carbocycles. The number of imide groups is 1. The maximum atomic E-state index is 12.1. The van der Waals surface area contributed by atoms with Crippen LogP contribution in [-0.2, 0) is 0 Å². The van der Waals surface area contributed by atoms with Crippen molar-refractivity contribution in [1.82, 2.24) is 4.90 Å². The smallest absolute Gasteiger partial charge is 0.262 e. The number of carbonyl (C=O) groups excluding carboxylic acids is 2. The van der Waals surface area contributed by atoms with Crippen LogP contribution >= 0.6 is 0 Å². The molecule has 1 aromatic rings. The van der Waals surface area contributed by atoms with E-state index in [1.807, 2.05) is 19.9 Å². The number of aryl methyl sites for hydroxylation is 1. The Bertz CT molecular complexity index is 540. The molecule has 1 aromatic carbocycles. The van der Waals surface area contributed by atoms with Crippen molar-refractivity contribution >= 4 is 11.8 Å². The molecule has 0 aromatic heterocycles. The number of fused-ring (bicyclic) bond motifs is 1. The average molecular weight is 227 g/mol. The van der Waals surface area contributed by atoms with Gasteiger partial charge < -0.3 is 0 Å². The van der Waals surface area contributed by atoms with Gasteiger partial charge in [-0.05, 0) is 25.5 Å². The molecule has 2 rings (SSSR count). The molecule has 3 heteroatoms. The fourth-order valence-electron chi connectivity index (χ4n) is 2.03. The van der Waals surface area contributed by atoms with Crippen LogP contribution in [0.15, 0.2) is 18.2 Å². The fraction of sp³-hybridized carbons (Fsp3) is 0.286. The third kappa shape index (κ3) is 1.62. The molecule has 0 fully saturated rings. The van der Waals surface area contributed by atoms with E-state index in [0.717, 1.165) is 5.56 Å². The Morgan fingerprint density at radius 1 is 1.29 bits per heavy atom. The number of terminal acetylenes is 1. The van der Waals surface area contributed by atoms with Crippen LogP contribution in [0, 0.1) is 19.3 Å². The predicted octanol–water partition coefficient (Wildman–Crippen LogP) is 2.00. The summed E-state index contributed by atoms with van der Waals surface area (Å²) in [6.07, 6.45) is 5.93. The second-order valence-corrected chi connectivity index (χ2v) is 4.12. The van der Waals surface area contributed by atoms with E-state index in [4.69, 9.17) is 6.42 Å². The molecule has 1 heterocycles. The van der Waals surface area contributed by atoms with Crippen molar-refractivity contribution in [3.05, 3.63) is 34.9 Å². The minimum absolute atomic E-state index is 0.279. The summed E-state index contributed by atoms with van der Waals surface area (Å²) in [5.74, 6) is 1.93. The summed E-state index contributed by atoms with van der Waals surface area (Å²) in [6, 6.07) is 4.79. The SMILES string of the molecule is C#CC(CC)N1C(=O)c2ccc(C)cc2C1=O. The van der Waals surface area contributed by atoms with E-state index in [-0.39, 0.29) is 11.8 Å². The second-order valence-electron chi connectivity index (χ2n) is 4.12. The normalized spacial score (nSPS) is 15.7. The third-order valence-electron chi connectivity index (χ3n) is 2.96. The van der Waals surface area contributed by atoms with Gasteiger partial charge in [0.25, 0.3) is 11.8 Å². The number of nitrogens with zero attached hydrogens (tertiary/aromatic N) is 1. The lowest BCUT2D eigenvalue weighted by Crippen LogP contribution is -2.38. The van der Waals surface area contributed by atoms with Crippen LogP contribution in [0.4, 0.5) is 0 Å². The molecular formula is C14H13NO2. The molecule has 0 N–H and O–H groups in total. The molecule has 0 saturated carbocycles. The maximum Gasteiger partial charge on any atom is 0.262 e. The number of amides is 2. The van der Waals surface area contributed by atoms with Crippen molar-refractivity contribution in [2.75, 3.05) is 0 Å². The van der Waals surface area contributed by atoms with Crippen molar-refractivity contribution in [3.63, 3.8) is 0 Å². The highest BCUT2D eigenvalue weighted by atomic mass is 16.2. The van der Waals surface area contributed by atoms with Crippen LogP contribution in [0.1, 0.15) is 39.6 Å². The zero-order valence-corrected chi connectivity index (χ0v) is 9.86. The maximum absolute atomic E-state index is 12.1. The van der Waals surface area contributed by atoms with E-state index < -0.39 is 6.04 Å². The first kappa shape index (κ1) is 11.4. The molecule has 1 unspecified atom stereocenters. The largest absolute Gasteiger partial charge is 0.269 e. The van der Waals surface area contributed by atoms with Gasteiger partial charge in [-0.15, -0.1) is 6.42 Å². The lowest BCUT2D eigenvalue weighted by molar-refractivity contribution is 0.0618. The van der Waals surface area contributed by atoms with E-state index >= 15 is 0 Å². The van der Waals surface area contributed by atoms with Crippen molar-refractivity contribution in [2.45, 2.75) is 26.3 Å². The van der Waals surface area contributed by atoms with Gasteiger partial charge in [0, 0.05) is 0 Å². The van der Waals surface area contributed by atoms with Gasteiger partial charge in [0.1, 0.15) is 6.04 Å². The Hall–Kier alpha value is -2.08. The molecule has 1 atom stereocenters. The number of rotatable bonds is 2. The van der Waals surface area contributed by atoms with Gasteiger partial charge in [0.05, 0.1) is 11.1 Å². The van der Waals surface area contributed by atoms with Crippen molar-refractivity contribution < 1.29 is 9.59 Å². The number of hydrogen-bond donors (Lipinski definition) is 0. The van der Waals surface area contributed by atoms with Crippen LogP contribution in [0.2, 0.25) is 0 Å². The summed E-state index contributed by atoms with van der Waals surface area (Å²) in [5.41, 5.74) is 1.87. The van der Waals surface area contributed by atoms with E-state index in [2.05, 4.69) is 5.92 Å². The van der Waals surface area contributed by atoms with E-state index in [1.54, 1.807) is 12.1 Å². The summed E-state index contributed by atoms with van der Waals surface area (Å²) < 4.78 is 0. The van der Waals surface area contributed by atoms with Crippen molar-refractivity contribution in [2.24, 2.45) is 0 Å². The molecule has 0 bridgehead atoms. The molecule has 3 nitrogen and oxygen atoms in total. The first-order valence-corrected chi connectivity index (χ1v) is 5.54. The second kappa shape index (κ2) is 4.06. The first-order valence-electron chi connectivity index (χ1n) is 5.54. The Kier molecular flexibility index (Phi) is 2.72. The molecule has 86 valence electrons. The lowest BCUT2D eigenvalue weighted by Gasteiger charge is -2.19. The molecular weight excluding hydrogens is 214 g/mol. The third-order valence-corrected chi connectivity index (χ3v) is 2.96. The highest BCUT2D eigenvalue weighted by Crippen LogP contribution is 2.26. The first-order chi connectivity index (χ1) is 8.10. The quantitative estimate of drug-likeness (QED) is 0.572. The van der Waals surface area contributed by atoms with Crippen molar-refractivity contribution in [1.29, 1.82) is 0 Å². The van der Waals surface area contributed by atoms with E-state index in [9.17, 15) is 9.59 Å². The van der Waals surface area contributed by atoms with Gasteiger partial charge in [-0.2, -0.15) is 0 Å². The van der Waals surface area contributed by atoms with Gasteiger partial charge in [-0.1, -0.05) is 24.5 Å². The van der Waals surface area contributed by atoms with Gasteiger partial charge in [-0.25, -0.2) is 0 Å². The average Bonchev–Trinajstić information content (AvgIpc) is 2.56. The summed E-state index contributed by atoms with van der Waals surface area (Å²) in [7, 11) is 0. The van der Waals surface area contributed by atoms with Crippen LogP contribution in [0.5, 0.6) is 0 Å². The lowest BCUT2D eigenvalue weighted by atomic mass is 10.1. The van der Waals surface area contributed by atoms with E-state index in [0.29, 0.717) is 17.5 Å². The highest BCUT2D eigenvalue weighted by Gasteiger charge is 2.38. The monoisotopic (exact) mass is 227 g/mol. The molecule has 0 radical (unpaired) electrons. The van der Waals surface area contributed by atoms with Crippen LogP contribution in [0.25, 0.3) is 0 Å². The molecule has 1 aliphatic rings. The Balaban J connectivity index is 2.50. The number of benzene rings is 1. The predicted molar refractivity (Wildman–Crippen MR) is 64.6 cm³/mol.